The Morgan fingerprint density at radius 2 is 0.833 bits per heavy atom. The first-order valence-corrected chi connectivity index (χ1v) is 43.3. The molecule has 5 aromatic heterocycles. The van der Waals surface area contributed by atoms with Crippen molar-refractivity contribution in [3.63, 3.8) is 0 Å². The molecule has 31 nitrogen and oxygen atoms in total. The SMILES string of the molecule is C.CC1(C)OB(c2cc(Cl)c3c(c2)CC(CNC(=O)/C=C/c2ccc(N)nc2)O3)OC1(C)C.CC1OB(B2OC(C)(C)C(C)(C)O2)OC1(C)C.Nc1ccc(/C=C/C(=O)NCC2Cc3cc(-c4cnc(C(=O)N5CCOCC5)nc4)cc(Cl)c3O2)cn1.Nc1ccc(/C=C/C(=O)NCC2Cc3cc(Br)cc(Cl)c3O2)cn1.O=C(c1ncc(Br)cn1)N1CCOCC1. The summed E-state index contributed by atoms with van der Waals surface area (Å²) in [6.07, 6.45) is 22.0. The smallest absolute Gasteiger partial charge is 0.486 e. The van der Waals surface area contributed by atoms with Crippen LogP contribution in [0.1, 0.15) is 138 Å². The lowest BCUT2D eigenvalue weighted by Gasteiger charge is -2.32. The van der Waals surface area contributed by atoms with Gasteiger partial charge < -0.3 is 94.6 Å². The zero-order valence-corrected chi connectivity index (χ0v) is 76.5. The Balaban J connectivity index is 0.000000158. The average molecular weight is 1910 g/mol. The van der Waals surface area contributed by atoms with E-state index >= 15 is 0 Å². The molecule has 16 rings (SSSR count). The van der Waals surface area contributed by atoms with Crippen LogP contribution >= 0.6 is 66.7 Å². The monoisotopic (exact) mass is 1910 g/mol. The Labute approximate surface area is 766 Å². The number of nitrogen functional groups attached to an aromatic ring is 3. The number of halogens is 5. The Morgan fingerprint density at radius 3 is 1.22 bits per heavy atom. The number of amides is 5. The van der Waals surface area contributed by atoms with Gasteiger partial charge in [0.1, 0.15) is 53.0 Å². The van der Waals surface area contributed by atoms with Crippen molar-refractivity contribution in [3.05, 3.63) is 203 Å². The number of ether oxygens (including phenoxy) is 5. The third-order valence-electron chi connectivity index (χ3n) is 22.1. The van der Waals surface area contributed by atoms with Crippen LogP contribution in [-0.2, 0) is 71.0 Å². The van der Waals surface area contributed by atoms with Gasteiger partial charge in [-0.15, -0.1) is 0 Å². The van der Waals surface area contributed by atoms with E-state index in [0.717, 1.165) is 58.9 Å². The van der Waals surface area contributed by atoms with Gasteiger partial charge in [-0.05, 0) is 210 Å². The number of hydrogen-bond donors (Lipinski definition) is 6. The number of rotatable bonds is 17. The van der Waals surface area contributed by atoms with Crippen LogP contribution in [-0.4, -0.2) is 220 Å². The number of nitrogens with one attached hydrogen (secondary N) is 3. The number of nitrogens with two attached hydrogens (primary N) is 3. The van der Waals surface area contributed by atoms with E-state index in [4.69, 9.17) is 104 Å². The van der Waals surface area contributed by atoms with Crippen molar-refractivity contribution in [2.45, 2.75) is 155 Å². The molecule has 8 aliphatic heterocycles. The van der Waals surface area contributed by atoms with Crippen LogP contribution in [0.4, 0.5) is 17.5 Å². The molecule has 0 spiro atoms. The highest BCUT2D eigenvalue weighted by molar-refractivity contribution is 9.10. The zero-order chi connectivity index (χ0) is 89.7. The minimum Gasteiger partial charge on any atom is -0.486 e. The molecule has 8 aliphatic rings. The molecule has 5 saturated heterocycles. The first-order valence-electron chi connectivity index (χ1n) is 40.6. The van der Waals surface area contributed by atoms with E-state index < -0.39 is 32.3 Å². The second-order valence-electron chi connectivity index (χ2n) is 32.8. The van der Waals surface area contributed by atoms with Crippen molar-refractivity contribution in [3.8, 4) is 28.4 Å². The van der Waals surface area contributed by atoms with E-state index in [1.165, 1.54) is 18.2 Å². The quantitative estimate of drug-likeness (QED) is 0.0364. The van der Waals surface area contributed by atoms with E-state index in [2.05, 4.69) is 82.7 Å². The van der Waals surface area contributed by atoms with E-state index in [1.54, 1.807) is 120 Å². The molecule has 0 radical (unpaired) electrons. The van der Waals surface area contributed by atoms with Gasteiger partial charge >= 0.3 is 21.1 Å². The van der Waals surface area contributed by atoms with Crippen LogP contribution in [0.5, 0.6) is 17.2 Å². The van der Waals surface area contributed by atoms with Crippen LogP contribution in [0.25, 0.3) is 29.4 Å². The third kappa shape index (κ3) is 25.6. The maximum absolute atomic E-state index is 12.6. The highest BCUT2D eigenvalue weighted by Gasteiger charge is 2.61. The van der Waals surface area contributed by atoms with Crippen molar-refractivity contribution < 1.29 is 75.6 Å². The summed E-state index contributed by atoms with van der Waals surface area (Å²) >= 11 is 25.8. The zero-order valence-electron chi connectivity index (χ0n) is 71.1. The maximum Gasteiger partial charge on any atom is 0.494 e. The molecule has 4 unspecified atom stereocenters. The molecule has 13 heterocycles. The Kier molecular flexibility index (Phi) is 32.7. The minimum absolute atomic E-state index is 0. The predicted octanol–water partition coefficient (Wildman–Crippen LogP) is 11.5. The number of pyridine rings is 3. The molecule has 3 aromatic carbocycles. The number of carbonyl (C=O) groups is 5. The van der Waals surface area contributed by atoms with Crippen molar-refractivity contribution in [1.82, 2.24) is 60.6 Å². The van der Waals surface area contributed by atoms with Crippen molar-refractivity contribution in [2.75, 3.05) is 89.4 Å². The van der Waals surface area contributed by atoms with Crippen LogP contribution in [0.3, 0.4) is 0 Å². The van der Waals surface area contributed by atoms with Gasteiger partial charge in [-0.25, -0.2) is 34.9 Å². The highest BCUT2D eigenvalue weighted by Crippen LogP contribution is 2.44. The third-order valence-corrected chi connectivity index (χ3v) is 23.8. The van der Waals surface area contributed by atoms with Crippen molar-refractivity contribution in [2.24, 2.45) is 0 Å². The number of hydrogen-bond acceptors (Lipinski definition) is 26. The summed E-state index contributed by atoms with van der Waals surface area (Å²) in [5.74, 6) is 2.64. The largest absolute Gasteiger partial charge is 0.494 e. The summed E-state index contributed by atoms with van der Waals surface area (Å²) in [5, 5.41) is 10.1. The lowest BCUT2D eigenvalue weighted by molar-refractivity contribution is -0.117. The standard InChI is InChI=1S/C26H25ClN6O4.C23H27BClN3O4.C17H15BrClN3O2.C11H22B2O4.C9H10BrN3O2.CH4/c27-21-11-17(19-13-31-25(32-14-19)26(35)33-5-7-36-8-6-33)9-18-10-20(37-24(18)21)15-30-23(34)4-2-16-1-3-22(28)29-12-16;1-22(2)23(3,4)32-24(31-22)16-9-15-10-17(30-21(15)18(25)11-16)13-28-20(29)8-6-14-5-7-19(26)27-12-14;18-12-5-11-6-13(24-17(11)14(19)7-12)9-22-16(23)4-2-10-1-3-15(20)21-8-10;1-8-9(2,3)15-12(14-8)13-16-10(4,5)11(6,7)17-13;10-7-5-11-8(12-6-7)9(14)13-1-3-15-4-2-13;/h1-4,9,11-14,20H,5-8,10,15H2,(H2,28,29)(H,30,34);5-9,11-12,17H,10,13H2,1-4H3,(H2,26,27)(H,28,29);1-5,7-8,13H,6,9H2,(H2,20,21)(H,22,23);8H,1-7H3;5-6H,1-4H2;1H4/b4-2+;8-6+;4-2+;;;. The molecule has 9 N–H and O–H groups in total. The number of morpholine rings is 2. The molecule has 0 saturated carbocycles. The van der Waals surface area contributed by atoms with Gasteiger partial charge in [0.2, 0.25) is 29.4 Å². The van der Waals surface area contributed by atoms with Gasteiger partial charge in [-0.1, -0.05) is 64.2 Å². The molecular weight excluding hydrogens is 1810 g/mol. The number of carbonyl (C=O) groups excluding carboxylic acids is 5. The number of anilines is 3. The predicted molar refractivity (Wildman–Crippen MR) is 493 cm³/mol. The summed E-state index contributed by atoms with van der Waals surface area (Å²) < 4.78 is 65.7. The van der Waals surface area contributed by atoms with Gasteiger partial charge in [0.25, 0.3) is 11.8 Å². The van der Waals surface area contributed by atoms with Gasteiger partial charge in [-0.3, -0.25) is 24.0 Å². The highest BCUT2D eigenvalue weighted by atomic mass is 79.9. The van der Waals surface area contributed by atoms with E-state index in [9.17, 15) is 24.0 Å². The first-order chi connectivity index (χ1) is 59.3. The number of fused-ring (bicyclic) bond motifs is 3. The fourth-order valence-electron chi connectivity index (χ4n) is 13.4. The fraction of sp³-hybridized carbons (Fsp3) is 0.402. The molecule has 8 aromatic rings. The fourth-order valence-corrected chi connectivity index (χ4v) is 15.1. The summed E-state index contributed by atoms with van der Waals surface area (Å²) in [6.45, 7) is 27.8. The second-order valence-corrected chi connectivity index (χ2v) is 35.9. The maximum atomic E-state index is 12.6. The first kappa shape index (κ1) is 97.0. The second kappa shape index (κ2) is 42.5. The molecule has 5 fully saturated rings. The number of benzene rings is 3. The van der Waals surface area contributed by atoms with Crippen LogP contribution in [0.2, 0.25) is 15.1 Å². The number of nitrogens with zero attached hydrogens (tertiary/aromatic N) is 9. The Bertz CT molecular complexity index is 5230. The van der Waals surface area contributed by atoms with Crippen LogP contribution < -0.4 is 52.8 Å². The minimum atomic E-state index is -0.491. The summed E-state index contributed by atoms with van der Waals surface area (Å²) in [5.41, 5.74) is 22.5. The molecule has 0 aliphatic carbocycles. The normalized spacial score (nSPS) is 19.9. The van der Waals surface area contributed by atoms with Crippen LogP contribution in [0, 0.1) is 0 Å². The lowest BCUT2D eigenvalue weighted by atomic mass is 9.49. The molecular formula is C87H103B3Br2Cl3N15O16. The average Bonchev–Trinajstić information content (AvgIpc) is 1.61. The summed E-state index contributed by atoms with van der Waals surface area (Å²) in [7, 11) is -1.39. The van der Waals surface area contributed by atoms with Gasteiger partial charge in [0, 0.05) is 128 Å². The van der Waals surface area contributed by atoms with E-state index in [1.807, 2.05) is 100 Å². The van der Waals surface area contributed by atoms with E-state index in [-0.39, 0.29) is 89.8 Å². The number of aromatic nitrogens is 7. The summed E-state index contributed by atoms with van der Waals surface area (Å²) in [6, 6.07) is 21.8. The Hall–Kier alpha value is -9.66. The molecule has 126 heavy (non-hydrogen) atoms. The van der Waals surface area contributed by atoms with Crippen molar-refractivity contribution in [1.29, 1.82) is 0 Å². The van der Waals surface area contributed by atoms with Gasteiger partial charge in [-0.2, -0.15) is 0 Å². The summed E-state index contributed by atoms with van der Waals surface area (Å²) in [4.78, 5) is 92.6. The van der Waals surface area contributed by atoms with E-state index in [0.29, 0.717) is 141 Å². The Morgan fingerprint density at radius 1 is 0.460 bits per heavy atom. The van der Waals surface area contributed by atoms with Crippen molar-refractivity contribution >= 4 is 158 Å². The molecule has 5 amide bonds. The molecule has 39 heteroatoms. The van der Waals surface area contributed by atoms with Gasteiger partial charge in [0.05, 0.1) is 99.7 Å². The van der Waals surface area contributed by atoms with Gasteiger partial charge in [0.15, 0.2) is 0 Å². The van der Waals surface area contributed by atoms with Crippen LogP contribution in [0.15, 0.2) is 143 Å². The molecule has 0 bridgehead atoms. The topological polar surface area (TPSA) is 398 Å². The molecule has 666 valence electrons. The molecule has 4 atom stereocenters. The lowest BCUT2D eigenvalue weighted by Crippen LogP contribution is -2.41.